The highest BCUT2D eigenvalue weighted by molar-refractivity contribution is 7.99. The number of aldehydes is 1. The minimum absolute atomic E-state index is 0.463. The van der Waals surface area contributed by atoms with E-state index in [1.807, 2.05) is 16.4 Å². The van der Waals surface area contributed by atoms with Crippen molar-refractivity contribution < 1.29 is 9.53 Å². The van der Waals surface area contributed by atoms with Crippen LogP contribution in [0, 0.1) is 0 Å². The van der Waals surface area contributed by atoms with Crippen molar-refractivity contribution in [3.05, 3.63) is 17.0 Å². The van der Waals surface area contributed by atoms with Crippen LogP contribution >= 0.6 is 11.8 Å². The fourth-order valence-electron chi connectivity index (χ4n) is 2.41. The van der Waals surface area contributed by atoms with Crippen LogP contribution in [0.4, 0.5) is 0 Å². The molecule has 0 unspecified atom stereocenters. The Labute approximate surface area is 98.3 Å². The molecular weight excluding hydrogens is 224 g/mol. The van der Waals surface area contributed by atoms with Gasteiger partial charge in [0.15, 0.2) is 6.29 Å². The van der Waals surface area contributed by atoms with Crippen LogP contribution in [0.1, 0.15) is 40.6 Å². The number of ether oxygens (including phenoxy) is 1. The Bertz CT molecular complexity index is 410. The van der Waals surface area contributed by atoms with Gasteiger partial charge in [-0.2, -0.15) is 16.9 Å². The second kappa shape index (κ2) is 4.22. The summed E-state index contributed by atoms with van der Waals surface area (Å²) in [5.74, 6) is 2.38. The second-order valence-corrected chi connectivity index (χ2v) is 5.43. The Morgan fingerprint density at radius 1 is 1.38 bits per heavy atom. The van der Waals surface area contributed by atoms with Crippen LogP contribution in [-0.2, 0) is 18.0 Å². The molecule has 0 aromatic carbocycles. The monoisotopic (exact) mass is 238 g/mol. The van der Waals surface area contributed by atoms with Gasteiger partial charge in [0.2, 0.25) is 0 Å². The molecule has 1 aromatic rings. The zero-order valence-corrected chi connectivity index (χ0v) is 9.83. The SMILES string of the molecule is O=Cc1nn(C2CCSCC2)c2c1COC2. The summed E-state index contributed by atoms with van der Waals surface area (Å²) in [7, 11) is 0. The lowest BCUT2D eigenvalue weighted by atomic mass is 10.1. The number of thioether (sulfide) groups is 1. The predicted molar refractivity (Wildman–Crippen MR) is 61.7 cm³/mol. The van der Waals surface area contributed by atoms with E-state index in [1.165, 1.54) is 11.5 Å². The van der Waals surface area contributed by atoms with Gasteiger partial charge in [0.1, 0.15) is 5.69 Å². The van der Waals surface area contributed by atoms with Crippen molar-refractivity contribution in [2.75, 3.05) is 11.5 Å². The van der Waals surface area contributed by atoms with E-state index >= 15 is 0 Å². The standard InChI is InChI=1S/C11H14N2O2S/c14-5-10-9-6-15-7-11(9)13(12-10)8-1-3-16-4-2-8/h5,8H,1-4,6-7H2. The Morgan fingerprint density at radius 2 is 2.19 bits per heavy atom. The molecule has 1 aromatic heterocycles. The van der Waals surface area contributed by atoms with Gasteiger partial charge in [-0.15, -0.1) is 0 Å². The van der Waals surface area contributed by atoms with Crippen molar-refractivity contribution in [1.29, 1.82) is 0 Å². The highest BCUT2D eigenvalue weighted by atomic mass is 32.2. The molecule has 3 rings (SSSR count). The molecule has 86 valence electrons. The molecule has 0 aliphatic carbocycles. The molecule has 4 nitrogen and oxygen atoms in total. The van der Waals surface area contributed by atoms with Gasteiger partial charge in [-0.3, -0.25) is 9.48 Å². The number of aromatic nitrogens is 2. The van der Waals surface area contributed by atoms with E-state index in [9.17, 15) is 4.79 Å². The van der Waals surface area contributed by atoms with Crippen LogP contribution < -0.4 is 0 Å². The maximum atomic E-state index is 10.9. The summed E-state index contributed by atoms with van der Waals surface area (Å²) in [6, 6.07) is 0.463. The molecule has 2 aliphatic heterocycles. The molecule has 0 amide bonds. The molecule has 1 fully saturated rings. The third-order valence-electron chi connectivity index (χ3n) is 3.28. The summed E-state index contributed by atoms with van der Waals surface area (Å²) in [4.78, 5) is 10.9. The van der Waals surface area contributed by atoms with Crippen molar-refractivity contribution in [3.63, 3.8) is 0 Å². The number of hydrogen-bond acceptors (Lipinski definition) is 4. The Kier molecular flexibility index (Phi) is 2.73. The highest BCUT2D eigenvalue weighted by Crippen LogP contribution is 2.31. The van der Waals surface area contributed by atoms with Crippen LogP contribution in [-0.4, -0.2) is 27.6 Å². The molecule has 0 bridgehead atoms. The summed E-state index contributed by atoms with van der Waals surface area (Å²) in [6.45, 7) is 1.16. The number of rotatable bonds is 2. The normalized spacial score (nSPS) is 21.0. The Balaban J connectivity index is 1.97. The van der Waals surface area contributed by atoms with E-state index in [0.717, 1.165) is 30.4 Å². The van der Waals surface area contributed by atoms with Crippen molar-refractivity contribution in [3.8, 4) is 0 Å². The average molecular weight is 238 g/mol. The molecule has 5 heteroatoms. The van der Waals surface area contributed by atoms with Crippen LogP contribution in [0.15, 0.2) is 0 Å². The topological polar surface area (TPSA) is 44.1 Å². The average Bonchev–Trinajstić information content (AvgIpc) is 2.91. The molecule has 0 N–H and O–H groups in total. The number of fused-ring (bicyclic) bond motifs is 1. The molecule has 1 saturated heterocycles. The molecule has 0 radical (unpaired) electrons. The minimum Gasteiger partial charge on any atom is -0.370 e. The number of carbonyl (C=O) groups is 1. The maximum absolute atomic E-state index is 10.9. The van der Waals surface area contributed by atoms with Crippen molar-refractivity contribution in [2.24, 2.45) is 0 Å². The summed E-state index contributed by atoms with van der Waals surface area (Å²) in [5.41, 5.74) is 2.71. The van der Waals surface area contributed by atoms with E-state index in [0.29, 0.717) is 24.9 Å². The molecule has 16 heavy (non-hydrogen) atoms. The second-order valence-electron chi connectivity index (χ2n) is 4.21. The molecule has 0 spiro atoms. The lowest BCUT2D eigenvalue weighted by Gasteiger charge is -2.23. The highest BCUT2D eigenvalue weighted by Gasteiger charge is 2.27. The minimum atomic E-state index is 0.463. The molecule has 0 saturated carbocycles. The molecular formula is C11H14N2O2S. The van der Waals surface area contributed by atoms with Gasteiger partial charge < -0.3 is 4.74 Å². The molecule has 2 aliphatic rings. The summed E-state index contributed by atoms with van der Waals surface area (Å²) < 4.78 is 7.45. The number of nitrogens with zero attached hydrogens (tertiary/aromatic N) is 2. The number of carbonyl (C=O) groups excluding carboxylic acids is 1. The largest absolute Gasteiger partial charge is 0.370 e. The Hall–Kier alpha value is -0.810. The first-order valence-corrected chi connectivity index (χ1v) is 6.76. The smallest absolute Gasteiger partial charge is 0.170 e. The quantitative estimate of drug-likeness (QED) is 0.737. The van der Waals surface area contributed by atoms with Crippen LogP contribution in [0.2, 0.25) is 0 Å². The van der Waals surface area contributed by atoms with Crippen LogP contribution in [0.3, 0.4) is 0 Å². The van der Waals surface area contributed by atoms with E-state index in [1.54, 1.807) is 0 Å². The van der Waals surface area contributed by atoms with Crippen LogP contribution in [0.5, 0.6) is 0 Å². The fourth-order valence-corrected chi connectivity index (χ4v) is 3.49. The predicted octanol–water partition coefficient (Wildman–Crippen LogP) is 1.79. The zero-order valence-electron chi connectivity index (χ0n) is 9.02. The molecule has 3 heterocycles. The summed E-state index contributed by atoms with van der Waals surface area (Å²) >= 11 is 2.00. The van der Waals surface area contributed by atoms with E-state index in [2.05, 4.69) is 5.10 Å². The summed E-state index contributed by atoms with van der Waals surface area (Å²) in [6.07, 6.45) is 3.15. The maximum Gasteiger partial charge on any atom is 0.170 e. The lowest BCUT2D eigenvalue weighted by molar-refractivity contribution is 0.110. The van der Waals surface area contributed by atoms with Gasteiger partial charge in [-0.05, 0) is 24.3 Å². The van der Waals surface area contributed by atoms with E-state index in [4.69, 9.17) is 4.74 Å². The van der Waals surface area contributed by atoms with Crippen molar-refractivity contribution in [1.82, 2.24) is 9.78 Å². The third-order valence-corrected chi connectivity index (χ3v) is 4.33. The first kappa shape index (κ1) is 10.4. The molecule has 0 atom stereocenters. The van der Waals surface area contributed by atoms with E-state index < -0.39 is 0 Å². The van der Waals surface area contributed by atoms with Gasteiger partial charge in [0, 0.05) is 5.56 Å². The van der Waals surface area contributed by atoms with Gasteiger partial charge >= 0.3 is 0 Å². The van der Waals surface area contributed by atoms with Gasteiger partial charge in [0.25, 0.3) is 0 Å². The van der Waals surface area contributed by atoms with Gasteiger partial charge in [-0.1, -0.05) is 0 Å². The lowest BCUT2D eigenvalue weighted by Crippen LogP contribution is -2.18. The Morgan fingerprint density at radius 3 is 2.94 bits per heavy atom. The first-order chi connectivity index (χ1) is 7.90. The zero-order chi connectivity index (χ0) is 11.0. The van der Waals surface area contributed by atoms with Crippen molar-refractivity contribution >= 4 is 18.0 Å². The van der Waals surface area contributed by atoms with Gasteiger partial charge in [0.05, 0.1) is 24.9 Å². The summed E-state index contributed by atoms with van der Waals surface area (Å²) in [5, 5.41) is 4.43. The van der Waals surface area contributed by atoms with Gasteiger partial charge in [-0.25, -0.2) is 0 Å². The first-order valence-electron chi connectivity index (χ1n) is 5.61. The fraction of sp³-hybridized carbons (Fsp3) is 0.636. The van der Waals surface area contributed by atoms with Crippen LogP contribution in [0.25, 0.3) is 0 Å². The van der Waals surface area contributed by atoms with Crippen molar-refractivity contribution in [2.45, 2.75) is 32.1 Å². The third kappa shape index (κ3) is 1.58. The number of hydrogen-bond donors (Lipinski definition) is 0. The van der Waals surface area contributed by atoms with E-state index in [-0.39, 0.29) is 0 Å².